The van der Waals surface area contributed by atoms with Crippen LogP contribution in [0.25, 0.3) is 0 Å². The topological polar surface area (TPSA) is 30.5 Å². The maximum atomic E-state index is 13.7. The summed E-state index contributed by atoms with van der Waals surface area (Å²) in [7, 11) is 3.44. The number of methoxy groups -OCH3 is 1. The zero-order valence-electron chi connectivity index (χ0n) is 11.6. The molecule has 2 unspecified atom stereocenters. The fraction of sp³-hybridized carbons (Fsp3) is 0.600. The molecular weight excluding hydrogens is 245 g/mol. The molecule has 1 heterocycles. The Labute approximate surface area is 114 Å². The van der Waals surface area contributed by atoms with E-state index in [-0.39, 0.29) is 5.82 Å². The number of benzene rings is 1. The van der Waals surface area contributed by atoms with Gasteiger partial charge in [0.05, 0.1) is 13.7 Å². The Hall–Kier alpha value is -1.13. The minimum absolute atomic E-state index is 0.297. The predicted molar refractivity (Wildman–Crippen MR) is 73.0 cm³/mol. The highest BCUT2D eigenvalue weighted by molar-refractivity contribution is 5.29. The van der Waals surface area contributed by atoms with Gasteiger partial charge < -0.3 is 14.8 Å². The van der Waals surface area contributed by atoms with Gasteiger partial charge in [-0.05, 0) is 49.9 Å². The molecule has 0 aliphatic carbocycles. The first-order valence-corrected chi connectivity index (χ1v) is 6.82. The predicted octanol–water partition coefficient (Wildman–Crippen LogP) is 2.39. The lowest BCUT2D eigenvalue weighted by atomic mass is 9.89. The molecule has 2 rings (SSSR count). The van der Waals surface area contributed by atoms with Gasteiger partial charge in [0.25, 0.3) is 0 Å². The fourth-order valence-corrected chi connectivity index (χ4v) is 2.68. The second kappa shape index (κ2) is 6.87. The van der Waals surface area contributed by atoms with Crippen LogP contribution in [0.1, 0.15) is 18.4 Å². The standard InChI is InChI=1S/C15H22FNO2/c1-17-14(12-4-3-7-19-10-12)9-11-5-6-15(18-2)13(16)8-11/h5-6,8,12,14,17H,3-4,7,9-10H2,1-2H3. The molecule has 4 heteroatoms. The van der Waals surface area contributed by atoms with Crippen molar-refractivity contribution in [2.24, 2.45) is 5.92 Å². The van der Waals surface area contributed by atoms with E-state index in [2.05, 4.69) is 5.32 Å². The van der Waals surface area contributed by atoms with Crippen LogP contribution in [0.15, 0.2) is 18.2 Å². The summed E-state index contributed by atoms with van der Waals surface area (Å²) in [6.07, 6.45) is 3.09. The van der Waals surface area contributed by atoms with E-state index in [1.54, 1.807) is 12.1 Å². The number of ether oxygens (including phenoxy) is 2. The van der Waals surface area contributed by atoms with Crippen molar-refractivity contribution < 1.29 is 13.9 Å². The minimum Gasteiger partial charge on any atom is -0.494 e. The molecule has 1 aliphatic rings. The van der Waals surface area contributed by atoms with Crippen LogP contribution in [-0.2, 0) is 11.2 Å². The van der Waals surface area contributed by atoms with Gasteiger partial charge >= 0.3 is 0 Å². The van der Waals surface area contributed by atoms with Gasteiger partial charge in [0.2, 0.25) is 0 Å². The van der Waals surface area contributed by atoms with Crippen molar-refractivity contribution in [3.8, 4) is 5.75 Å². The SMILES string of the molecule is CNC(Cc1ccc(OC)c(F)c1)C1CCCOC1. The molecule has 0 spiro atoms. The number of nitrogens with one attached hydrogen (secondary N) is 1. The lowest BCUT2D eigenvalue weighted by molar-refractivity contribution is 0.0405. The number of hydrogen-bond donors (Lipinski definition) is 1. The van der Waals surface area contributed by atoms with Crippen LogP contribution in [0.5, 0.6) is 5.75 Å². The summed E-state index contributed by atoms with van der Waals surface area (Å²) in [4.78, 5) is 0. The first-order chi connectivity index (χ1) is 9.24. The Bertz CT molecular complexity index is 405. The molecule has 2 atom stereocenters. The minimum atomic E-state index is -0.297. The van der Waals surface area contributed by atoms with Crippen LogP contribution >= 0.6 is 0 Å². The summed E-state index contributed by atoms with van der Waals surface area (Å²) in [6, 6.07) is 5.51. The highest BCUT2D eigenvalue weighted by Crippen LogP contribution is 2.23. The monoisotopic (exact) mass is 267 g/mol. The van der Waals surface area contributed by atoms with Crippen molar-refractivity contribution >= 4 is 0 Å². The quantitative estimate of drug-likeness (QED) is 0.888. The fourth-order valence-electron chi connectivity index (χ4n) is 2.68. The van der Waals surface area contributed by atoms with E-state index in [9.17, 15) is 4.39 Å². The van der Waals surface area contributed by atoms with Crippen molar-refractivity contribution in [2.45, 2.75) is 25.3 Å². The molecule has 0 aromatic heterocycles. The van der Waals surface area contributed by atoms with Crippen molar-refractivity contribution in [3.63, 3.8) is 0 Å². The summed E-state index contributed by atoms with van der Waals surface area (Å²) >= 11 is 0. The van der Waals surface area contributed by atoms with Crippen molar-refractivity contribution in [3.05, 3.63) is 29.6 Å². The largest absolute Gasteiger partial charge is 0.494 e. The summed E-state index contributed by atoms with van der Waals surface area (Å²) in [5.41, 5.74) is 0.989. The molecular formula is C15H22FNO2. The molecule has 1 N–H and O–H groups in total. The zero-order valence-corrected chi connectivity index (χ0v) is 11.6. The van der Waals surface area contributed by atoms with Gasteiger partial charge in [-0.3, -0.25) is 0 Å². The average Bonchev–Trinajstić information content (AvgIpc) is 2.46. The smallest absolute Gasteiger partial charge is 0.165 e. The normalized spacial score (nSPS) is 21.1. The molecule has 106 valence electrons. The Balaban J connectivity index is 2.03. The molecule has 1 aromatic carbocycles. The van der Waals surface area contributed by atoms with E-state index >= 15 is 0 Å². The van der Waals surface area contributed by atoms with Gasteiger partial charge in [-0.2, -0.15) is 0 Å². The van der Waals surface area contributed by atoms with Gasteiger partial charge in [-0.1, -0.05) is 6.07 Å². The highest BCUT2D eigenvalue weighted by Gasteiger charge is 2.23. The first kappa shape index (κ1) is 14.3. The Kier molecular flexibility index (Phi) is 5.16. The summed E-state index contributed by atoms with van der Waals surface area (Å²) < 4.78 is 24.1. The van der Waals surface area contributed by atoms with Crippen molar-refractivity contribution in [1.82, 2.24) is 5.32 Å². The van der Waals surface area contributed by atoms with Crippen LogP contribution in [0.3, 0.4) is 0 Å². The number of likely N-dealkylation sites (N-methyl/N-ethyl adjacent to an activating group) is 1. The molecule has 1 aliphatic heterocycles. The molecule has 0 radical (unpaired) electrons. The first-order valence-electron chi connectivity index (χ1n) is 6.82. The molecule has 1 saturated heterocycles. The number of rotatable bonds is 5. The molecule has 0 bridgehead atoms. The second-order valence-electron chi connectivity index (χ2n) is 5.05. The van der Waals surface area contributed by atoms with Crippen molar-refractivity contribution in [1.29, 1.82) is 0 Å². The molecule has 3 nitrogen and oxygen atoms in total. The molecule has 19 heavy (non-hydrogen) atoms. The van der Waals surface area contributed by atoms with Crippen LogP contribution in [-0.4, -0.2) is 33.4 Å². The van der Waals surface area contributed by atoms with Gasteiger partial charge in [-0.15, -0.1) is 0 Å². The zero-order chi connectivity index (χ0) is 13.7. The molecule has 1 fully saturated rings. The van der Waals surface area contributed by atoms with Crippen molar-refractivity contribution in [2.75, 3.05) is 27.4 Å². The maximum absolute atomic E-state index is 13.7. The van der Waals surface area contributed by atoms with E-state index in [0.29, 0.717) is 17.7 Å². The Morgan fingerprint density at radius 1 is 1.53 bits per heavy atom. The van der Waals surface area contributed by atoms with Gasteiger partial charge in [0.15, 0.2) is 11.6 Å². The lowest BCUT2D eigenvalue weighted by Gasteiger charge is -2.30. The van der Waals surface area contributed by atoms with Gasteiger partial charge in [-0.25, -0.2) is 4.39 Å². The molecule has 1 aromatic rings. The van der Waals surface area contributed by atoms with Gasteiger partial charge in [0.1, 0.15) is 0 Å². The van der Waals surface area contributed by atoms with Crippen LogP contribution in [0.2, 0.25) is 0 Å². The van der Waals surface area contributed by atoms with Crippen LogP contribution < -0.4 is 10.1 Å². The Morgan fingerprint density at radius 3 is 2.95 bits per heavy atom. The number of halogens is 1. The van der Waals surface area contributed by atoms with Gasteiger partial charge in [0, 0.05) is 12.6 Å². The van der Waals surface area contributed by atoms with Crippen LogP contribution in [0.4, 0.5) is 4.39 Å². The molecule has 0 saturated carbocycles. The average molecular weight is 267 g/mol. The van der Waals surface area contributed by atoms with E-state index in [1.807, 2.05) is 13.1 Å². The summed E-state index contributed by atoms with van der Waals surface area (Å²) in [5.74, 6) is 0.504. The van der Waals surface area contributed by atoms with E-state index in [0.717, 1.165) is 31.6 Å². The Morgan fingerprint density at radius 2 is 2.37 bits per heavy atom. The van der Waals surface area contributed by atoms with Crippen LogP contribution in [0, 0.1) is 11.7 Å². The maximum Gasteiger partial charge on any atom is 0.165 e. The summed E-state index contributed by atoms with van der Waals surface area (Å²) in [5, 5.41) is 3.33. The second-order valence-corrected chi connectivity index (χ2v) is 5.05. The molecule has 0 amide bonds. The summed E-state index contributed by atoms with van der Waals surface area (Å²) in [6.45, 7) is 1.66. The number of hydrogen-bond acceptors (Lipinski definition) is 3. The van der Waals surface area contributed by atoms with E-state index < -0.39 is 0 Å². The van der Waals surface area contributed by atoms with E-state index in [1.165, 1.54) is 13.5 Å². The lowest BCUT2D eigenvalue weighted by Crippen LogP contribution is -2.39. The third-order valence-electron chi connectivity index (χ3n) is 3.81. The van der Waals surface area contributed by atoms with E-state index in [4.69, 9.17) is 9.47 Å². The third-order valence-corrected chi connectivity index (χ3v) is 3.81. The highest BCUT2D eigenvalue weighted by atomic mass is 19.1. The third kappa shape index (κ3) is 3.67.